The Morgan fingerprint density at radius 1 is 1.00 bits per heavy atom. The Kier molecular flexibility index (Phi) is 9.31. The van der Waals surface area contributed by atoms with Gasteiger partial charge >= 0.3 is 18.0 Å². The number of carbonyl (C=O) groups is 3. The molecule has 0 bridgehead atoms. The first-order chi connectivity index (χ1) is 16.8. The lowest BCUT2D eigenvalue weighted by atomic mass is 9.80. The Bertz CT molecular complexity index is 973. The zero-order valence-electron chi connectivity index (χ0n) is 21.0. The van der Waals surface area contributed by atoms with Crippen LogP contribution in [0.3, 0.4) is 0 Å². The summed E-state index contributed by atoms with van der Waals surface area (Å²) in [6, 6.07) is 6.81. The van der Waals surface area contributed by atoms with Crippen molar-refractivity contribution in [3.8, 4) is 0 Å². The number of ether oxygens (including phenoxy) is 2. The number of dihydropyridines is 1. The van der Waals surface area contributed by atoms with Gasteiger partial charge < -0.3 is 30.3 Å². The van der Waals surface area contributed by atoms with Gasteiger partial charge in [-0.1, -0.05) is 18.6 Å². The van der Waals surface area contributed by atoms with E-state index in [1.807, 2.05) is 6.07 Å². The van der Waals surface area contributed by atoms with Crippen LogP contribution < -0.4 is 16.0 Å². The van der Waals surface area contributed by atoms with Gasteiger partial charge in [-0.3, -0.25) is 0 Å². The Morgan fingerprint density at radius 2 is 1.63 bits per heavy atom. The number of nitrogens with zero attached hydrogens (tertiary/aromatic N) is 1. The van der Waals surface area contributed by atoms with E-state index in [1.165, 1.54) is 33.5 Å². The number of carbonyl (C=O) groups excluding carboxylic acids is 3. The van der Waals surface area contributed by atoms with Gasteiger partial charge in [0.05, 0.1) is 31.3 Å². The molecule has 0 radical (unpaired) electrons. The highest BCUT2D eigenvalue weighted by molar-refractivity contribution is 6.00. The van der Waals surface area contributed by atoms with Gasteiger partial charge in [0, 0.05) is 23.6 Å². The normalized spacial score (nSPS) is 17.0. The number of hydrogen-bond acceptors (Lipinski definition) is 7. The second-order valence-corrected chi connectivity index (χ2v) is 8.88. The predicted octanol–water partition coefficient (Wildman–Crippen LogP) is 3.26. The molecule has 1 fully saturated rings. The Balaban J connectivity index is 1.73. The molecular formula is C26H36N4O5. The van der Waals surface area contributed by atoms with Crippen LogP contribution in [-0.2, 0) is 19.1 Å². The van der Waals surface area contributed by atoms with E-state index in [4.69, 9.17) is 9.47 Å². The van der Waals surface area contributed by atoms with Crippen LogP contribution in [0.15, 0.2) is 46.8 Å². The molecule has 0 aromatic heterocycles. The molecule has 1 saturated heterocycles. The van der Waals surface area contributed by atoms with Crippen molar-refractivity contribution in [1.29, 1.82) is 0 Å². The number of hydrogen-bond donors (Lipinski definition) is 3. The maximum atomic E-state index is 12.7. The second kappa shape index (κ2) is 12.4. The molecule has 9 heteroatoms. The van der Waals surface area contributed by atoms with Crippen LogP contribution in [0.1, 0.15) is 51.0 Å². The second-order valence-electron chi connectivity index (χ2n) is 8.88. The Hall–Kier alpha value is -3.33. The third kappa shape index (κ3) is 6.63. The average Bonchev–Trinajstić information content (AvgIpc) is 2.86. The van der Waals surface area contributed by atoms with Gasteiger partial charge in [0.25, 0.3) is 0 Å². The van der Waals surface area contributed by atoms with Crippen molar-refractivity contribution in [3.05, 3.63) is 52.4 Å². The molecule has 0 atom stereocenters. The van der Waals surface area contributed by atoms with E-state index in [-0.39, 0.29) is 6.03 Å². The number of methoxy groups -OCH3 is 2. The molecule has 0 spiro atoms. The minimum atomic E-state index is -0.703. The van der Waals surface area contributed by atoms with Crippen molar-refractivity contribution in [2.24, 2.45) is 0 Å². The molecule has 2 aliphatic rings. The molecule has 1 aromatic rings. The first-order valence-electron chi connectivity index (χ1n) is 12.1. The van der Waals surface area contributed by atoms with Crippen LogP contribution in [0.5, 0.6) is 0 Å². The number of likely N-dealkylation sites (tertiary alicyclic amines) is 1. The number of anilines is 1. The van der Waals surface area contributed by atoms with E-state index in [9.17, 15) is 14.4 Å². The van der Waals surface area contributed by atoms with Crippen LogP contribution in [0, 0.1) is 0 Å². The van der Waals surface area contributed by atoms with E-state index >= 15 is 0 Å². The molecule has 2 aliphatic heterocycles. The summed E-state index contributed by atoms with van der Waals surface area (Å²) in [7, 11) is 2.60. The van der Waals surface area contributed by atoms with Gasteiger partial charge in [0.2, 0.25) is 0 Å². The number of urea groups is 1. The zero-order valence-corrected chi connectivity index (χ0v) is 21.0. The van der Waals surface area contributed by atoms with Gasteiger partial charge in [-0.05, 0) is 70.4 Å². The molecule has 0 saturated carbocycles. The van der Waals surface area contributed by atoms with E-state index in [1.54, 1.807) is 32.0 Å². The van der Waals surface area contributed by atoms with Crippen LogP contribution in [0.2, 0.25) is 0 Å². The fraction of sp³-hybridized carbons (Fsp3) is 0.500. The largest absolute Gasteiger partial charge is 0.466 e. The number of allylic oxidation sites excluding steroid dienone is 2. The summed E-state index contributed by atoms with van der Waals surface area (Å²) in [5, 5.41) is 8.84. The summed E-state index contributed by atoms with van der Waals surface area (Å²) in [6.07, 6.45) is 4.70. The Labute approximate surface area is 206 Å². The maximum absolute atomic E-state index is 12.7. The topological polar surface area (TPSA) is 109 Å². The molecule has 3 N–H and O–H groups in total. The molecule has 3 rings (SSSR count). The lowest BCUT2D eigenvalue weighted by Crippen LogP contribution is -2.34. The predicted molar refractivity (Wildman–Crippen MR) is 134 cm³/mol. The minimum absolute atomic E-state index is 0.300. The van der Waals surface area contributed by atoms with Crippen molar-refractivity contribution < 1.29 is 23.9 Å². The molecule has 1 aromatic carbocycles. The molecule has 190 valence electrons. The fourth-order valence-corrected chi connectivity index (χ4v) is 4.75. The third-order valence-electron chi connectivity index (χ3n) is 6.43. The van der Waals surface area contributed by atoms with Crippen LogP contribution in [0.4, 0.5) is 10.5 Å². The highest BCUT2D eigenvalue weighted by Crippen LogP contribution is 2.39. The van der Waals surface area contributed by atoms with E-state index in [0.29, 0.717) is 40.3 Å². The van der Waals surface area contributed by atoms with Crippen LogP contribution in [0.25, 0.3) is 0 Å². The summed E-state index contributed by atoms with van der Waals surface area (Å²) in [6.45, 7) is 7.36. The first kappa shape index (κ1) is 26.3. The summed E-state index contributed by atoms with van der Waals surface area (Å²) in [5.41, 5.74) is 3.04. The van der Waals surface area contributed by atoms with Gasteiger partial charge in [-0.15, -0.1) is 0 Å². The molecule has 35 heavy (non-hydrogen) atoms. The number of amides is 2. The zero-order chi connectivity index (χ0) is 25.4. The highest BCUT2D eigenvalue weighted by Gasteiger charge is 2.37. The Morgan fingerprint density at radius 3 is 2.23 bits per heavy atom. The van der Waals surface area contributed by atoms with Crippen molar-refractivity contribution in [2.45, 2.75) is 45.4 Å². The van der Waals surface area contributed by atoms with Crippen molar-refractivity contribution in [3.63, 3.8) is 0 Å². The molecular weight excluding hydrogens is 448 g/mol. The molecule has 0 aliphatic carbocycles. The summed E-state index contributed by atoms with van der Waals surface area (Å²) in [5.74, 6) is -1.79. The molecule has 2 heterocycles. The number of piperidine rings is 1. The van der Waals surface area contributed by atoms with Crippen LogP contribution >= 0.6 is 0 Å². The summed E-state index contributed by atoms with van der Waals surface area (Å²) < 4.78 is 10.0. The van der Waals surface area contributed by atoms with Crippen LogP contribution in [-0.4, -0.2) is 63.3 Å². The number of rotatable bonds is 8. The number of benzene rings is 1. The minimum Gasteiger partial charge on any atom is -0.466 e. The lowest BCUT2D eigenvalue weighted by Gasteiger charge is -2.30. The summed E-state index contributed by atoms with van der Waals surface area (Å²) >= 11 is 0. The fourth-order valence-electron chi connectivity index (χ4n) is 4.75. The summed E-state index contributed by atoms with van der Waals surface area (Å²) in [4.78, 5) is 40.3. The van der Waals surface area contributed by atoms with Crippen molar-refractivity contribution >= 4 is 23.7 Å². The highest BCUT2D eigenvalue weighted by atomic mass is 16.5. The standard InChI is InChI=1S/C26H36N4O5/c1-17-21(24(31)34-3)23(22(18(2)28-17)25(32)35-4)19-10-8-11-20(16-19)29-26(33)27-12-9-15-30-13-6-5-7-14-30/h8,10-11,16,23,28H,5-7,9,12-15H2,1-4H3,(H2,27,29,33). The molecule has 9 nitrogen and oxygen atoms in total. The third-order valence-corrected chi connectivity index (χ3v) is 6.43. The van der Waals surface area contributed by atoms with Crippen molar-refractivity contribution in [1.82, 2.24) is 15.5 Å². The van der Waals surface area contributed by atoms with E-state index in [0.717, 1.165) is 26.1 Å². The van der Waals surface area contributed by atoms with E-state index in [2.05, 4.69) is 20.9 Å². The monoisotopic (exact) mass is 484 g/mol. The quantitative estimate of drug-likeness (QED) is 0.384. The van der Waals surface area contributed by atoms with Gasteiger partial charge in [-0.25, -0.2) is 14.4 Å². The smallest absolute Gasteiger partial charge is 0.336 e. The van der Waals surface area contributed by atoms with E-state index < -0.39 is 17.9 Å². The molecule has 2 amide bonds. The molecule has 0 unspecified atom stereocenters. The van der Waals surface area contributed by atoms with Crippen molar-refractivity contribution in [2.75, 3.05) is 45.7 Å². The first-order valence-corrected chi connectivity index (χ1v) is 12.1. The van der Waals surface area contributed by atoms with Gasteiger partial charge in [-0.2, -0.15) is 0 Å². The average molecular weight is 485 g/mol. The number of nitrogens with one attached hydrogen (secondary N) is 3. The maximum Gasteiger partial charge on any atom is 0.336 e. The number of esters is 2. The van der Waals surface area contributed by atoms with Gasteiger partial charge in [0.1, 0.15) is 0 Å². The lowest BCUT2D eigenvalue weighted by molar-refractivity contribution is -0.137. The SMILES string of the molecule is COC(=O)C1=C(C)NC(C)=C(C(=O)OC)C1c1cccc(NC(=O)NCCCN2CCCCC2)c1. The van der Waals surface area contributed by atoms with Gasteiger partial charge in [0.15, 0.2) is 0 Å².